The minimum atomic E-state index is -0.782. The number of ether oxygens (including phenoxy) is 2. The van der Waals surface area contributed by atoms with E-state index in [1.807, 2.05) is 32.0 Å². The van der Waals surface area contributed by atoms with Crippen LogP contribution in [0.3, 0.4) is 0 Å². The van der Waals surface area contributed by atoms with Crippen LogP contribution in [0.2, 0.25) is 0 Å². The number of para-hydroxylation sites is 1. The summed E-state index contributed by atoms with van der Waals surface area (Å²) in [5.41, 5.74) is 2.28. The number of nitrogens with one attached hydrogen (secondary N) is 1. The second-order valence-electron chi connectivity index (χ2n) is 7.79. The number of aliphatic hydroxyl groups excluding tert-OH is 1. The molecule has 0 unspecified atom stereocenters. The fourth-order valence-corrected chi connectivity index (χ4v) is 4.04. The first-order chi connectivity index (χ1) is 15.0. The highest BCUT2D eigenvalue weighted by molar-refractivity contribution is 6.01. The van der Waals surface area contributed by atoms with Crippen LogP contribution in [0.15, 0.2) is 42.5 Å². The molecule has 1 aliphatic heterocycles. The molecule has 1 fully saturated rings. The normalized spacial score (nSPS) is 19.3. The zero-order valence-electron chi connectivity index (χ0n) is 17.7. The second-order valence-corrected chi connectivity index (χ2v) is 7.79. The Morgan fingerprint density at radius 2 is 2.00 bits per heavy atom. The highest BCUT2D eigenvalue weighted by atomic mass is 19.1. The van der Waals surface area contributed by atoms with E-state index in [1.54, 1.807) is 23.1 Å². The molecule has 0 aliphatic carbocycles. The van der Waals surface area contributed by atoms with E-state index >= 15 is 0 Å². The number of halogens is 1. The molecular formula is C24H27FN2O4. The quantitative estimate of drug-likeness (QED) is 0.645. The van der Waals surface area contributed by atoms with Crippen LogP contribution >= 0.6 is 0 Å². The number of aromatic amines is 1. The Morgan fingerprint density at radius 1 is 1.23 bits per heavy atom. The van der Waals surface area contributed by atoms with Crippen LogP contribution in [0.25, 0.3) is 10.9 Å². The smallest absolute Gasteiger partial charge is 0.270 e. The average molecular weight is 426 g/mol. The lowest BCUT2D eigenvalue weighted by molar-refractivity contribution is 0.0328. The summed E-state index contributed by atoms with van der Waals surface area (Å²) < 4.78 is 25.2. The number of carbonyl (C=O) groups excluding carboxylic acids is 1. The van der Waals surface area contributed by atoms with Gasteiger partial charge in [0.15, 0.2) is 11.6 Å². The van der Waals surface area contributed by atoms with Gasteiger partial charge in [-0.15, -0.1) is 0 Å². The standard InChI is InChI=1S/C24H27FN2O4/c1-3-30-16-8-9-19-17(14-16)15(2)23(26-19)24(29)27-12-10-20(28)22(11-13-27)31-21-7-5-4-6-18(21)25/h4-9,14,20,22,26,28H,3,10-13H2,1-2H3/t20-,22-/m0/s1. The van der Waals surface area contributed by atoms with Gasteiger partial charge in [-0.25, -0.2) is 4.39 Å². The first-order valence-electron chi connectivity index (χ1n) is 10.6. The van der Waals surface area contributed by atoms with Gasteiger partial charge < -0.3 is 24.5 Å². The van der Waals surface area contributed by atoms with Crippen LogP contribution in [0.1, 0.15) is 35.8 Å². The van der Waals surface area contributed by atoms with Gasteiger partial charge in [-0.2, -0.15) is 0 Å². The van der Waals surface area contributed by atoms with Crippen molar-refractivity contribution in [1.82, 2.24) is 9.88 Å². The molecule has 0 spiro atoms. The molecule has 1 aromatic heterocycles. The van der Waals surface area contributed by atoms with Crippen molar-refractivity contribution in [2.75, 3.05) is 19.7 Å². The lowest BCUT2D eigenvalue weighted by Crippen LogP contribution is -2.33. The van der Waals surface area contributed by atoms with Crippen molar-refractivity contribution in [3.05, 3.63) is 59.5 Å². The number of hydrogen-bond acceptors (Lipinski definition) is 4. The highest BCUT2D eigenvalue weighted by Gasteiger charge is 2.30. The number of hydrogen-bond donors (Lipinski definition) is 2. The van der Waals surface area contributed by atoms with E-state index in [0.717, 1.165) is 22.2 Å². The molecule has 6 nitrogen and oxygen atoms in total. The lowest BCUT2D eigenvalue weighted by atomic mass is 10.1. The number of carbonyl (C=O) groups is 1. The summed E-state index contributed by atoms with van der Waals surface area (Å²) >= 11 is 0. The van der Waals surface area contributed by atoms with Gasteiger partial charge in [-0.05, 0) is 56.2 Å². The third-order valence-corrected chi connectivity index (χ3v) is 5.76. The van der Waals surface area contributed by atoms with Gasteiger partial charge in [0.25, 0.3) is 5.91 Å². The number of aromatic nitrogens is 1. The maximum Gasteiger partial charge on any atom is 0.270 e. The maximum atomic E-state index is 13.9. The minimum absolute atomic E-state index is 0.114. The average Bonchev–Trinajstić information content (AvgIpc) is 2.98. The van der Waals surface area contributed by atoms with E-state index < -0.39 is 18.0 Å². The Morgan fingerprint density at radius 3 is 2.77 bits per heavy atom. The summed E-state index contributed by atoms with van der Waals surface area (Å²) in [6.07, 6.45) is -0.588. The molecule has 1 aliphatic rings. The Balaban J connectivity index is 1.50. The van der Waals surface area contributed by atoms with E-state index in [4.69, 9.17) is 9.47 Å². The van der Waals surface area contributed by atoms with Crippen LogP contribution in [0.5, 0.6) is 11.5 Å². The summed E-state index contributed by atoms with van der Waals surface area (Å²) in [7, 11) is 0. The number of likely N-dealkylation sites (tertiary alicyclic amines) is 1. The van der Waals surface area contributed by atoms with E-state index in [1.165, 1.54) is 6.07 Å². The number of rotatable bonds is 5. The molecule has 0 saturated carbocycles. The lowest BCUT2D eigenvalue weighted by Gasteiger charge is -2.22. The Kier molecular flexibility index (Phi) is 6.13. The molecule has 2 N–H and O–H groups in total. The zero-order valence-corrected chi connectivity index (χ0v) is 17.7. The molecule has 164 valence electrons. The van der Waals surface area contributed by atoms with E-state index in [0.29, 0.717) is 38.2 Å². The van der Waals surface area contributed by atoms with Gasteiger partial charge in [-0.3, -0.25) is 4.79 Å². The molecule has 2 atom stereocenters. The van der Waals surface area contributed by atoms with E-state index in [2.05, 4.69) is 4.98 Å². The van der Waals surface area contributed by atoms with Crippen LogP contribution in [-0.2, 0) is 0 Å². The van der Waals surface area contributed by atoms with Gasteiger partial charge in [0.1, 0.15) is 17.5 Å². The van der Waals surface area contributed by atoms with Crippen LogP contribution in [0.4, 0.5) is 4.39 Å². The Bertz CT molecular complexity index is 1080. The molecule has 0 bridgehead atoms. The minimum Gasteiger partial charge on any atom is -0.494 e. The Labute approximate surface area is 180 Å². The maximum absolute atomic E-state index is 13.9. The van der Waals surface area contributed by atoms with E-state index in [-0.39, 0.29) is 11.7 Å². The Hall–Kier alpha value is -3.06. The first-order valence-corrected chi connectivity index (χ1v) is 10.6. The molecule has 0 radical (unpaired) electrons. The van der Waals surface area contributed by atoms with E-state index in [9.17, 15) is 14.3 Å². The predicted octanol–water partition coefficient (Wildman–Crippen LogP) is 4.06. The third kappa shape index (κ3) is 4.37. The molecule has 1 saturated heterocycles. The van der Waals surface area contributed by atoms with Crippen molar-refractivity contribution in [2.45, 2.75) is 38.9 Å². The largest absolute Gasteiger partial charge is 0.494 e. The number of nitrogens with zero attached hydrogens (tertiary/aromatic N) is 1. The summed E-state index contributed by atoms with van der Waals surface area (Å²) in [6.45, 7) is 5.23. The van der Waals surface area contributed by atoms with Gasteiger partial charge in [0.2, 0.25) is 0 Å². The van der Waals surface area contributed by atoms with Crippen molar-refractivity contribution >= 4 is 16.8 Å². The molecular weight excluding hydrogens is 399 g/mol. The van der Waals surface area contributed by atoms with Gasteiger partial charge >= 0.3 is 0 Å². The third-order valence-electron chi connectivity index (χ3n) is 5.76. The SMILES string of the molecule is CCOc1ccc2[nH]c(C(=O)N3CC[C@H](Oc4ccccc4F)[C@@H](O)CC3)c(C)c2c1. The molecule has 4 rings (SSSR count). The molecule has 2 aromatic carbocycles. The molecule has 2 heterocycles. The summed E-state index contributed by atoms with van der Waals surface area (Å²) in [5.74, 6) is 0.294. The summed E-state index contributed by atoms with van der Waals surface area (Å²) in [6, 6.07) is 11.9. The van der Waals surface area contributed by atoms with Crippen LogP contribution in [-0.4, -0.2) is 52.8 Å². The topological polar surface area (TPSA) is 74.8 Å². The van der Waals surface area contributed by atoms with Crippen molar-refractivity contribution in [2.24, 2.45) is 0 Å². The number of benzene rings is 2. The van der Waals surface area contributed by atoms with Crippen molar-refractivity contribution in [3.8, 4) is 11.5 Å². The number of fused-ring (bicyclic) bond motifs is 1. The van der Waals surface area contributed by atoms with Gasteiger partial charge in [0.05, 0.1) is 12.7 Å². The summed E-state index contributed by atoms with van der Waals surface area (Å²) in [5, 5.41) is 11.5. The number of aliphatic hydroxyl groups is 1. The predicted molar refractivity (Wildman–Crippen MR) is 116 cm³/mol. The monoisotopic (exact) mass is 426 g/mol. The van der Waals surface area contributed by atoms with Crippen LogP contribution in [0, 0.1) is 12.7 Å². The zero-order chi connectivity index (χ0) is 22.0. The second kappa shape index (κ2) is 8.98. The number of H-pyrrole nitrogens is 1. The number of amides is 1. The van der Waals surface area contributed by atoms with Gasteiger partial charge in [-0.1, -0.05) is 12.1 Å². The van der Waals surface area contributed by atoms with Crippen molar-refractivity contribution in [3.63, 3.8) is 0 Å². The van der Waals surface area contributed by atoms with Crippen molar-refractivity contribution < 1.29 is 23.8 Å². The fourth-order valence-electron chi connectivity index (χ4n) is 4.04. The summed E-state index contributed by atoms with van der Waals surface area (Å²) in [4.78, 5) is 18.2. The first kappa shape index (κ1) is 21.2. The highest BCUT2D eigenvalue weighted by Crippen LogP contribution is 2.28. The molecule has 7 heteroatoms. The molecule has 31 heavy (non-hydrogen) atoms. The van der Waals surface area contributed by atoms with Gasteiger partial charge in [0, 0.05) is 30.4 Å². The molecule has 1 amide bonds. The van der Waals surface area contributed by atoms with Crippen molar-refractivity contribution in [1.29, 1.82) is 0 Å². The van der Waals surface area contributed by atoms with Crippen LogP contribution < -0.4 is 9.47 Å². The fraction of sp³-hybridized carbons (Fsp3) is 0.375. The number of aryl methyl sites for hydroxylation is 1. The molecule has 3 aromatic rings.